The summed E-state index contributed by atoms with van der Waals surface area (Å²) in [6.45, 7) is 5.02. The summed E-state index contributed by atoms with van der Waals surface area (Å²) in [5.74, 6) is -0.206. The minimum Gasteiger partial charge on any atom is -0.322 e. The van der Waals surface area contributed by atoms with E-state index in [1.54, 1.807) is 24.5 Å². The van der Waals surface area contributed by atoms with E-state index in [4.69, 9.17) is 11.6 Å². The van der Waals surface area contributed by atoms with E-state index in [-0.39, 0.29) is 5.91 Å². The van der Waals surface area contributed by atoms with Crippen LogP contribution in [0.4, 0.5) is 5.69 Å². The second kappa shape index (κ2) is 9.34. The molecule has 3 heterocycles. The number of amides is 1. The number of nitrogens with one attached hydrogen (secondary N) is 1. The minimum atomic E-state index is -0.206. The van der Waals surface area contributed by atoms with Crippen LogP contribution in [-0.2, 0) is 6.54 Å². The summed E-state index contributed by atoms with van der Waals surface area (Å²) in [5.41, 5.74) is 3.68. The van der Waals surface area contributed by atoms with Gasteiger partial charge in [-0.05, 0) is 49.5 Å². The van der Waals surface area contributed by atoms with Crippen LogP contribution in [0.5, 0.6) is 0 Å². The molecule has 0 unspecified atom stereocenters. The fourth-order valence-corrected chi connectivity index (χ4v) is 3.63. The molecule has 1 aromatic carbocycles. The molecule has 30 heavy (non-hydrogen) atoms. The van der Waals surface area contributed by atoms with Gasteiger partial charge in [0.15, 0.2) is 0 Å². The van der Waals surface area contributed by atoms with Crippen molar-refractivity contribution >= 4 is 23.2 Å². The highest BCUT2D eigenvalue weighted by molar-refractivity contribution is 6.33. The lowest BCUT2D eigenvalue weighted by Crippen LogP contribution is -2.44. The second-order valence-electron chi connectivity index (χ2n) is 7.48. The van der Waals surface area contributed by atoms with E-state index in [1.165, 1.54) is 0 Å². The minimum absolute atomic E-state index is 0.206. The van der Waals surface area contributed by atoms with E-state index in [0.29, 0.717) is 16.3 Å². The molecule has 7 heteroatoms. The van der Waals surface area contributed by atoms with Crippen LogP contribution in [0.3, 0.4) is 0 Å². The van der Waals surface area contributed by atoms with Gasteiger partial charge in [0.2, 0.25) is 0 Å². The predicted octanol–water partition coefficient (Wildman–Crippen LogP) is 3.80. The molecule has 1 amide bonds. The number of halogens is 1. The Kier molecular flexibility index (Phi) is 6.38. The standard InChI is InChI=1S/C23H24ClN5O/c1-28-10-12-29(13-11-28)16-19-6-5-17(15-26-19)23(30)27-18-7-8-21(24)20(14-18)22-4-2-3-9-25-22/h2-9,14-15H,10-13,16H2,1H3,(H,27,30). The normalized spacial score (nSPS) is 15.1. The maximum atomic E-state index is 12.7. The highest BCUT2D eigenvalue weighted by Crippen LogP contribution is 2.29. The van der Waals surface area contributed by atoms with Crippen molar-refractivity contribution in [2.45, 2.75) is 6.54 Å². The first-order chi connectivity index (χ1) is 14.6. The highest BCUT2D eigenvalue weighted by Gasteiger charge is 2.15. The molecular weight excluding hydrogens is 398 g/mol. The van der Waals surface area contributed by atoms with Crippen LogP contribution >= 0.6 is 11.6 Å². The third kappa shape index (κ3) is 5.02. The first kappa shape index (κ1) is 20.5. The molecule has 1 aliphatic rings. The van der Waals surface area contributed by atoms with E-state index in [9.17, 15) is 4.79 Å². The van der Waals surface area contributed by atoms with Crippen LogP contribution in [0.15, 0.2) is 60.9 Å². The molecule has 0 atom stereocenters. The monoisotopic (exact) mass is 421 g/mol. The zero-order valence-corrected chi connectivity index (χ0v) is 17.6. The number of hydrogen-bond donors (Lipinski definition) is 1. The number of benzene rings is 1. The fraction of sp³-hybridized carbons (Fsp3) is 0.261. The summed E-state index contributed by atoms with van der Waals surface area (Å²) in [5, 5.41) is 3.50. The Bertz CT molecular complexity index is 1000. The number of anilines is 1. The summed E-state index contributed by atoms with van der Waals surface area (Å²) in [6, 6.07) is 14.8. The first-order valence-electron chi connectivity index (χ1n) is 9.96. The van der Waals surface area contributed by atoms with Crippen molar-refractivity contribution in [3.05, 3.63) is 77.2 Å². The van der Waals surface area contributed by atoms with Gasteiger partial charge < -0.3 is 10.2 Å². The van der Waals surface area contributed by atoms with Crippen molar-refractivity contribution in [2.24, 2.45) is 0 Å². The molecule has 0 radical (unpaired) electrons. The molecule has 0 saturated carbocycles. The zero-order valence-electron chi connectivity index (χ0n) is 16.9. The number of piperazine rings is 1. The van der Waals surface area contributed by atoms with Crippen LogP contribution in [-0.4, -0.2) is 58.9 Å². The van der Waals surface area contributed by atoms with Crippen LogP contribution in [0, 0.1) is 0 Å². The van der Waals surface area contributed by atoms with Crippen molar-refractivity contribution in [1.82, 2.24) is 19.8 Å². The maximum Gasteiger partial charge on any atom is 0.257 e. The predicted molar refractivity (Wildman–Crippen MR) is 120 cm³/mol. The van der Waals surface area contributed by atoms with Crippen LogP contribution in [0.2, 0.25) is 5.02 Å². The summed E-state index contributed by atoms with van der Waals surface area (Å²) in [4.78, 5) is 26.2. The Morgan fingerprint density at radius 2 is 1.90 bits per heavy atom. The van der Waals surface area contributed by atoms with Gasteiger partial charge in [0.25, 0.3) is 5.91 Å². The summed E-state index contributed by atoms with van der Waals surface area (Å²) in [7, 11) is 2.14. The quantitative estimate of drug-likeness (QED) is 0.679. The van der Waals surface area contributed by atoms with E-state index in [1.807, 2.05) is 36.4 Å². The molecule has 154 valence electrons. The lowest BCUT2D eigenvalue weighted by molar-refractivity contribution is 0.102. The lowest BCUT2D eigenvalue weighted by atomic mass is 10.1. The van der Waals surface area contributed by atoms with Crippen molar-refractivity contribution in [3.8, 4) is 11.3 Å². The van der Waals surface area contributed by atoms with Gasteiger partial charge in [0.05, 0.1) is 22.0 Å². The van der Waals surface area contributed by atoms with Gasteiger partial charge in [0.1, 0.15) is 0 Å². The average molecular weight is 422 g/mol. The van der Waals surface area contributed by atoms with Gasteiger partial charge >= 0.3 is 0 Å². The molecule has 1 N–H and O–H groups in total. The summed E-state index contributed by atoms with van der Waals surface area (Å²) < 4.78 is 0. The van der Waals surface area contributed by atoms with Crippen LogP contribution in [0.25, 0.3) is 11.3 Å². The molecule has 0 spiro atoms. The fourth-order valence-electron chi connectivity index (χ4n) is 3.41. The molecule has 0 aliphatic carbocycles. The number of rotatable bonds is 5. The number of carbonyl (C=O) groups is 1. The number of likely N-dealkylation sites (N-methyl/N-ethyl adjacent to an activating group) is 1. The Morgan fingerprint density at radius 3 is 2.60 bits per heavy atom. The molecule has 3 aromatic rings. The number of hydrogen-bond acceptors (Lipinski definition) is 5. The van der Waals surface area contributed by atoms with E-state index in [2.05, 4.69) is 32.1 Å². The Labute approximate surface area is 181 Å². The maximum absolute atomic E-state index is 12.7. The molecule has 0 bridgehead atoms. The van der Waals surface area contributed by atoms with Gasteiger partial charge in [-0.3, -0.25) is 19.7 Å². The zero-order chi connectivity index (χ0) is 20.9. The van der Waals surface area contributed by atoms with Gasteiger partial charge in [-0.15, -0.1) is 0 Å². The molecular formula is C23H24ClN5O. The number of pyridine rings is 2. The smallest absolute Gasteiger partial charge is 0.257 e. The lowest BCUT2D eigenvalue weighted by Gasteiger charge is -2.32. The largest absolute Gasteiger partial charge is 0.322 e. The van der Waals surface area contributed by atoms with Crippen molar-refractivity contribution in [3.63, 3.8) is 0 Å². The van der Waals surface area contributed by atoms with Gasteiger partial charge in [-0.2, -0.15) is 0 Å². The van der Waals surface area contributed by atoms with Crippen molar-refractivity contribution < 1.29 is 4.79 Å². The molecule has 1 saturated heterocycles. The molecule has 1 aliphatic heterocycles. The van der Waals surface area contributed by atoms with Gasteiger partial charge in [-0.25, -0.2) is 0 Å². The number of nitrogens with zero attached hydrogens (tertiary/aromatic N) is 4. The highest BCUT2D eigenvalue weighted by atomic mass is 35.5. The third-order valence-corrected chi connectivity index (χ3v) is 5.56. The van der Waals surface area contributed by atoms with E-state index < -0.39 is 0 Å². The van der Waals surface area contributed by atoms with Crippen LogP contribution in [0.1, 0.15) is 16.1 Å². The molecule has 1 fully saturated rings. The number of carbonyl (C=O) groups excluding carboxylic acids is 1. The molecule has 2 aromatic heterocycles. The second-order valence-corrected chi connectivity index (χ2v) is 7.89. The Morgan fingerprint density at radius 1 is 1.07 bits per heavy atom. The van der Waals surface area contributed by atoms with Crippen molar-refractivity contribution in [2.75, 3.05) is 38.5 Å². The Hall–Kier alpha value is -2.80. The van der Waals surface area contributed by atoms with Crippen LogP contribution < -0.4 is 5.32 Å². The van der Waals surface area contributed by atoms with E-state index >= 15 is 0 Å². The Balaban J connectivity index is 1.41. The van der Waals surface area contributed by atoms with E-state index in [0.717, 1.165) is 49.7 Å². The topological polar surface area (TPSA) is 61.4 Å². The summed E-state index contributed by atoms with van der Waals surface area (Å²) in [6.07, 6.45) is 3.35. The SMILES string of the molecule is CN1CCN(Cc2ccc(C(=O)Nc3ccc(Cl)c(-c4ccccn4)c3)cn2)CC1. The van der Waals surface area contributed by atoms with Gasteiger partial charge in [0, 0.05) is 56.4 Å². The van der Waals surface area contributed by atoms with Gasteiger partial charge in [-0.1, -0.05) is 17.7 Å². The molecule has 4 rings (SSSR count). The third-order valence-electron chi connectivity index (χ3n) is 5.23. The van der Waals surface area contributed by atoms with Crippen molar-refractivity contribution in [1.29, 1.82) is 0 Å². The summed E-state index contributed by atoms with van der Waals surface area (Å²) >= 11 is 6.32. The first-order valence-corrected chi connectivity index (χ1v) is 10.3. The average Bonchev–Trinajstić information content (AvgIpc) is 2.78. The molecule has 6 nitrogen and oxygen atoms in total. The number of aromatic nitrogens is 2.